The first-order valence-electron chi connectivity index (χ1n) is 16.0. The van der Waals surface area contributed by atoms with Crippen LogP contribution in [0.3, 0.4) is 0 Å². The molecule has 0 aliphatic carbocycles. The van der Waals surface area contributed by atoms with Gasteiger partial charge in [0.2, 0.25) is 0 Å². The van der Waals surface area contributed by atoms with Crippen LogP contribution in [0.2, 0.25) is 0 Å². The van der Waals surface area contributed by atoms with Gasteiger partial charge in [-0.25, -0.2) is 0 Å². The normalized spacial score (nSPS) is 13.3. The molecule has 5 nitrogen and oxygen atoms in total. The first-order valence-corrected chi connectivity index (χ1v) is 17.2. The Balaban J connectivity index is -0.000000513. The quantitative estimate of drug-likeness (QED) is 0.201. The number of ether oxygens (including phenoxy) is 3. The van der Waals surface area contributed by atoms with Crippen LogP contribution in [-0.4, -0.2) is 61.4 Å². The fraction of sp³-hybridized carbons (Fsp3) is 0.667. The van der Waals surface area contributed by atoms with Gasteiger partial charge in [0.15, 0.2) is 0 Å². The van der Waals surface area contributed by atoms with Gasteiger partial charge in [0.1, 0.15) is 11.5 Å². The van der Waals surface area contributed by atoms with Gasteiger partial charge < -0.3 is 49.7 Å². The van der Waals surface area contributed by atoms with E-state index in [1.54, 1.807) is 0 Å². The predicted octanol–water partition coefficient (Wildman–Crippen LogP) is 5.97. The SMILES string of the molecule is C1CCOC1.C1CCOC1.CC(C)c1cccc(C(C)C)c1O.CC(C)c1cccc(C(C)C)c1O.[Li+].[S-]CCOCC[S-].[V]. The van der Waals surface area contributed by atoms with Gasteiger partial charge in [-0.2, -0.15) is 11.5 Å². The van der Waals surface area contributed by atoms with Crippen molar-refractivity contribution in [1.29, 1.82) is 0 Å². The fourth-order valence-electron chi connectivity index (χ4n) is 4.26. The third kappa shape index (κ3) is 22.9. The van der Waals surface area contributed by atoms with Gasteiger partial charge in [-0.05, 0) is 71.6 Å². The van der Waals surface area contributed by atoms with Crippen molar-refractivity contribution in [2.45, 2.75) is 105 Å². The van der Waals surface area contributed by atoms with E-state index in [1.807, 2.05) is 36.4 Å². The molecule has 0 atom stereocenters. The molecule has 0 saturated carbocycles. The summed E-state index contributed by atoms with van der Waals surface area (Å²) in [7, 11) is 0. The molecule has 0 amide bonds. The van der Waals surface area contributed by atoms with Gasteiger partial charge in [-0.3, -0.25) is 0 Å². The minimum absolute atomic E-state index is 0. The van der Waals surface area contributed by atoms with Gasteiger partial charge in [-0.15, -0.1) is 0 Å². The summed E-state index contributed by atoms with van der Waals surface area (Å²) in [6, 6.07) is 12.0. The maximum Gasteiger partial charge on any atom is 1.00 e. The van der Waals surface area contributed by atoms with Crippen LogP contribution < -0.4 is 18.9 Å². The van der Waals surface area contributed by atoms with Crippen LogP contribution in [0.4, 0.5) is 0 Å². The van der Waals surface area contributed by atoms with Crippen LogP contribution in [0.25, 0.3) is 0 Å². The Labute approximate surface area is 311 Å². The van der Waals surface area contributed by atoms with Crippen molar-refractivity contribution in [3.05, 3.63) is 58.7 Å². The largest absolute Gasteiger partial charge is 1.00 e. The number of hydrogen-bond donors (Lipinski definition) is 2. The van der Waals surface area contributed by atoms with Crippen LogP contribution in [0.5, 0.6) is 11.5 Å². The number of aromatic hydroxyl groups is 2. The van der Waals surface area contributed by atoms with E-state index in [4.69, 9.17) is 14.2 Å². The molecule has 2 aromatic carbocycles. The summed E-state index contributed by atoms with van der Waals surface area (Å²) in [5.41, 5.74) is 4.19. The molecule has 2 aromatic rings. The molecule has 0 bridgehead atoms. The summed E-state index contributed by atoms with van der Waals surface area (Å²) in [6.45, 7) is 22.1. The van der Waals surface area contributed by atoms with E-state index in [2.05, 4.69) is 80.6 Å². The number of rotatable bonds is 8. The number of phenols is 2. The van der Waals surface area contributed by atoms with Gasteiger partial charge in [-0.1, -0.05) is 91.8 Å². The van der Waals surface area contributed by atoms with Gasteiger partial charge in [0, 0.05) is 58.2 Å². The number of hydrogen-bond acceptors (Lipinski definition) is 7. The van der Waals surface area contributed by atoms with E-state index in [1.165, 1.54) is 25.7 Å². The van der Waals surface area contributed by atoms with Crippen molar-refractivity contribution < 1.29 is 61.8 Å². The van der Waals surface area contributed by atoms with Crippen LogP contribution in [-0.2, 0) is 58.0 Å². The molecule has 0 unspecified atom stereocenters. The van der Waals surface area contributed by atoms with Crippen molar-refractivity contribution >= 4 is 25.3 Å². The van der Waals surface area contributed by atoms with Crippen molar-refractivity contribution in [3.63, 3.8) is 0 Å². The van der Waals surface area contributed by atoms with Crippen LogP contribution in [0, 0.1) is 0 Å². The first-order chi connectivity index (χ1) is 20.5. The van der Waals surface area contributed by atoms with Crippen molar-refractivity contribution in [1.82, 2.24) is 0 Å². The van der Waals surface area contributed by atoms with E-state index < -0.39 is 0 Å². The molecule has 9 heteroatoms. The third-order valence-electron chi connectivity index (χ3n) is 6.79. The first kappa shape index (κ1) is 49.2. The molecule has 2 saturated heterocycles. The Morgan fingerprint density at radius 1 is 0.578 bits per heavy atom. The molecule has 0 aromatic heterocycles. The van der Waals surface area contributed by atoms with E-state index >= 15 is 0 Å². The zero-order valence-corrected chi connectivity index (χ0v) is 32.7. The Morgan fingerprint density at radius 2 is 0.822 bits per heavy atom. The summed E-state index contributed by atoms with van der Waals surface area (Å²) in [4.78, 5) is 0. The van der Waals surface area contributed by atoms with E-state index in [9.17, 15) is 10.2 Å². The summed E-state index contributed by atoms with van der Waals surface area (Å²) < 4.78 is 14.8. The summed E-state index contributed by atoms with van der Waals surface area (Å²) in [6.07, 6.45) is 5.11. The maximum absolute atomic E-state index is 9.93. The second-order valence-electron chi connectivity index (χ2n) is 11.8. The topological polar surface area (TPSA) is 68.2 Å². The molecular formula is C36H60LiO5S2V-. The zero-order valence-electron chi connectivity index (χ0n) is 29.6. The minimum atomic E-state index is 0. The number of benzene rings is 2. The molecule has 2 fully saturated rings. The van der Waals surface area contributed by atoms with Gasteiger partial charge in [0.25, 0.3) is 0 Å². The molecule has 2 aliphatic heterocycles. The molecular weight excluding hydrogens is 634 g/mol. The van der Waals surface area contributed by atoms with Crippen LogP contribution >= 0.6 is 0 Å². The van der Waals surface area contributed by atoms with E-state index in [-0.39, 0.29) is 37.4 Å². The van der Waals surface area contributed by atoms with Gasteiger partial charge in [0.05, 0.1) is 0 Å². The smallest absolute Gasteiger partial charge is 0.790 e. The molecule has 2 N–H and O–H groups in total. The van der Waals surface area contributed by atoms with Gasteiger partial charge >= 0.3 is 18.9 Å². The van der Waals surface area contributed by atoms with Crippen molar-refractivity contribution in [2.75, 3.05) is 51.1 Å². The molecule has 2 aliphatic rings. The third-order valence-corrected chi connectivity index (χ3v) is 7.13. The number of para-hydroxylation sites is 2. The Morgan fingerprint density at radius 3 is 0.978 bits per heavy atom. The fourth-order valence-corrected chi connectivity index (χ4v) is 4.50. The summed E-state index contributed by atoms with van der Waals surface area (Å²) in [5, 5.41) is 19.9. The van der Waals surface area contributed by atoms with Crippen LogP contribution in [0.15, 0.2) is 36.4 Å². The summed E-state index contributed by atoms with van der Waals surface area (Å²) in [5.74, 6) is 3.86. The zero-order chi connectivity index (χ0) is 32.6. The Bertz CT molecular complexity index is 810. The maximum atomic E-state index is 9.93. The number of phenolic OH excluding ortho intramolecular Hbond substituents is 2. The second-order valence-corrected chi connectivity index (χ2v) is 12.7. The average Bonchev–Trinajstić information content (AvgIpc) is 3.74. The molecule has 253 valence electrons. The van der Waals surface area contributed by atoms with E-state index in [0.717, 1.165) is 48.7 Å². The van der Waals surface area contributed by atoms with E-state index in [0.29, 0.717) is 59.9 Å². The Kier molecular flexibility index (Phi) is 34.0. The average molecular weight is 695 g/mol. The van der Waals surface area contributed by atoms with Crippen molar-refractivity contribution in [2.24, 2.45) is 0 Å². The predicted molar refractivity (Wildman–Crippen MR) is 188 cm³/mol. The molecule has 4 rings (SSSR count). The second kappa shape index (κ2) is 31.1. The van der Waals surface area contributed by atoms with Crippen LogP contribution in [0.1, 0.15) is 127 Å². The minimum Gasteiger partial charge on any atom is -0.790 e. The monoisotopic (exact) mass is 694 g/mol. The molecule has 2 heterocycles. The Hall–Kier alpha value is -0.198. The summed E-state index contributed by atoms with van der Waals surface area (Å²) >= 11 is 9.21. The molecule has 45 heavy (non-hydrogen) atoms. The molecule has 0 spiro atoms. The standard InChI is InChI=1S/2C12H18O.C4H10OS2.2C4H8O.Li.V/c2*1-8(2)10-6-5-7-11(9(3)4)12(10)13;6-3-1-5-2-4-7;2*1-2-4-5-3-1;;/h2*5-9,13H,1-4H3;6-7H,1-4H2;2*1-4H2;;/q;;;;;+1;/p-2. The molecule has 1 radical (unpaired) electrons. The van der Waals surface area contributed by atoms with Crippen molar-refractivity contribution in [3.8, 4) is 11.5 Å².